The third-order valence-corrected chi connectivity index (χ3v) is 7.36. The zero-order valence-corrected chi connectivity index (χ0v) is 21.1. The van der Waals surface area contributed by atoms with Crippen molar-refractivity contribution in [3.63, 3.8) is 0 Å². The number of nitrogens with zero attached hydrogens (tertiary/aromatic N) is 2. The van der Waals surface area contributed by atoms with Crippen molar-refractivity contribution in [1.82, 2.24) is 9.55 Å². The minimum Gasteiger partial charge on any atom is -0.457 e. The van der Waals surface area contributed by atoms with Gasteiger partial charge in [0.25, 0.3) is 11.2 Å². The van der Waals surface area contributed by atoms with Crippen LogP contribution in [0, 0.1) is 0 Å². The maximum atomic E-state index is 13.8. The van der Waals surface area contributed by atoms with E-state index in [9.17, 15) is 14.4 Å². The highest BCUT2D eigenvalue weighted by atomic mass is 35.5. The van der Waals surface area contributed by atoms with E-state index in [1.807, 2.05) is 12.1 Å². The monoisotopic (exact) mass is 522 g/mol. The van der Waals surface area contributed by atoms with E-state index in [1.165, 1.54) is 6.92 Å². The first-order valence-corrected chi connectivity index (χ1v) is 12.4. The third kappa shape index (κ3) is 3.30. The highest BCUT2D eigenvalue weighted by Gasteiger charge is 2.52. The van der Waals surface area contributed by atoms with Gasteiger partial charge in [-0.1, -0.05) is 19.9 Å². The van der Waals surface area contributed by atoms with Crippen molar-refractivity contribution in [3.8, 4) is 22.9 Å². The largest absolute Gasteiger partial charge is 0.457 e. The lowest BCUT2D eigenvalue weighted by atomic mass is 9.83. The summed E-state index contributed by atoms with van der Waals surface area (Å²) < 4.78 is 23.4. The van der Waals surface area contributed by atoms with Crippen LogP contribution in [0.1, 0.15) is 48.9 Å². The van der Waals surface area contributed by atoms with Gasteiger partial charge in [0.2, 0.25) is 6.79 Å². The van der Waals surface area contributed by atoms with Gasteiger partial charge in [0.15, 0.2) is 11.5 Å². The van der Waals surface area contributed by atoms with Gasteiger partial charge in [-0.3, -0.25) is 4.79 Å². The van der Waals surface area contributed by atoms with Crippen LogP contribution in [-0.4, -0.2) is 27.7 Å². The third-order valence-electron chi connectivity index (χ3n) is 7.29. The SMILES string of the molecule is C=C(C)[C@@]1(OC(=O)Cl)C(=O)OCc2c1cc1n(c2=O)Cc2c-1nc1cc3c(cc1c2CCCC)OCO3. The number of unbranched alkanes of at least 4 members (excludes halogenated alkanes) is 1. The summed E-state index contributed by atoms with van der Waals surface area (Å²) in [4.78, 5) is 43.6. The van der Waals surface area contributed by atoms with Crippen molar-refractivity contribution < 1.29 is 28.5 Å². The minimum atomic E-state index is -2.03. The van der Waals surface area contributed by atoms with Crippen molar-refractivity contribution in [1.29, 1.82) is 0 Å². The van der Waals surface area contributed by atoms with E-state index in [1.54, 1.807) is 10.6 Å². The number of benzene rings is 1. The van der Waals surface area contributed by atoms with Crippen LogP contribution in [0.3, 0.4) is 0 Å². The van der Waals surface area contributed by atoms with Gasteiger partial charge in [-0.2, -0.15) is 0 Å². The summed E-state index contributed by atoms with van der Waals surface area (Å²) >= 11 is 5.57. The second-order valence-corrected chi connectivity index (χ2v) is 9.74. The molecule has 3 aliphatic rings. The number of aromatic nitrogens is 2. The van der Waals surface area contributed by atoms with Crippen LogP contribution in [0.25, 0.3) is 22.3 Å². The quantitative estimate of drug-likeness (QED) is 0.211. The number of hydrogen-bond acceptors (Lipinski definition) is 8. The second-order valence-electron chi connectivity index (χ2n) is 9.43. The molecule has 0 saturated heterocycles. The topological polar surface area (TPSA) is 106 Å². The van der Waals surface area contributed by atoms with Gasteiger partial charge < -0.3 is 23.5 Å². The van der Waals surface area contributed by atoms with E-state index in [0.29, 0.717) is 34.9 Å². The highest BCUT2D eigenvalue weighted by molar-refractivity contribution is 6.61. The smallest absolute Gasteiger partial charge is 0.405 e. The molecule has 3 aliphatic heterocycles. The number of esters is 1. The first-order chi connectivity index (χ1) is 17.8. The van der Waals surface area contributed by atoms with Gasteiger partial charge in [-0.15, -0.1) is 0 Å². The molecule has 5 heterocycles. The van der Waals surface area contributed by atoms with Crippen LogP contribution in [0.2, 0.25) is 0 Å². The predicted octanol–water partition coefficient (Wildman–Crippen LogP) is 4.70. The zero-order chi connectivity index (χ0) is 26.1. The summed E-state index contributed by atoms with van der Waals surface area (Å²) in [5.74, 6) is 0.423. The van der Waals surface area contributed by atoms with Crippen LogP contribution in [0.5, 0.6) is 11.5 Å². The molecule has 0 N–H and O–H groups in total. The Labute approximate surface area is 216 Å². The molecular formula is C27H23ClN2O7. The van der Waals surface area contributed by atoms with Gasteiger partial charge in [0.1, 0.15) is 6.61 Å². The number of aryl methyl sites for hydroxylation is 1. The fourth-order valence-electron chi connectivity index (χ4n) is 5.49. The molecule has 2 aromatic heterocycles. The van der Waals surface area contributed by atoms with E-state index < -0.39 is 17.0 Å². The summed E-state index contributed by atoms with van der Waals surface area (Å²) in [5.41, 5.74) is 0.847. The van der Waals surface area contributed by atoms with Crippen LogP contribution in [-0.2, 0) is 39.4 Å². The molecule has 0 fully saturated rings. The Morgan fingerprint density at radius 2 is 1.95 bits per heavy atom. The van der Waals surface area contributed by atoms with E-state index >= 15 is 0 Å². The first kappa shape index (κ1) is 23.5. The number of rotatable bonds is 5. The second kappa shape index (κ2) is 8.34. The maximum absolute atomic E-state index is 13.8. The molecule has 0 saturated carbocycles. The molecule has 37 heavy (non-hydrogen) atoms. The molecule has 10 heteroatoms. The predicted molar refractivity (Wildman–Crippen MR) is 134 cm³/mol. The number of cyclic esters (lactones) is 1. The Balaban J connectivity index is 1.64. The van der Waals surface area contributed by atoms with Crippen molar-refractivity contribution in [2.24, 2.45) is 0 Å². The number of carbonyl (C=O) groups excluding carboxylic acids is 2. The molecule has 1 aromatic carbocycles. The molecule has 6 rings (SSSR count). The Kier molecular flexibility index (Phi) is 5.31. The van der Waals surface area contributed by atoms with E-state index in [-0.39, 0.29) is 35.7 Å². The molecule has 0 spiro atoms. The van der Waals surface area contributed by atoms with Gasteiger partial charge in [0, 0.05) is 34.2 Å². The van der Waals surface area contributed by atoms with Crippen molar-refractivity contribution in [2.75, 3.05) is 6.79 Å². The fraction of sp³-hybridized carbons (Fsp3) is 0.333. The highest BCUT2D eigenvalue weighted by Crippen LogP contribution is 2.45. The lowest BCUT2D eigenvalue weighted by Gasteiger charge is -2.36. The fourth-order valence-corrected chi connectivity index (χ4v) is 5.61. The van der Waals surface area contributed by atoms with Crippen molar-refractivity contribution >= 4 is 33.9 Å². The van der Waals surface area contributed by atoms with Gasteiger partial charge in [0.05, 0.1) is 29.0 Å². The minimum absolute atomic E-state index is 0.151. The molecule has 190 valence electrons. The Hall–Kier alpha value is -3.85. The average Bonchev–Trinajstić information content (AvgIpc) is 3.46. The molecule has 0 amide bonds. The Morgan fingerprint density at radius 1 is 1.19 bits per heavy atom. The molecule has 0 radical (unpaired) electrons. The van der Waals surface area contributed by atoms with Crippen LogP contribution < -0.4 is 15.0 Å². The van der Waals surface area contributed by atoms with Crippen LogP contribution in [0.15, 0.2) is 35.1 Å². The number of fused-ring (bicyclic) bond motifs is 6. The Morgan fingerprint density at radius 3 is 2.65 bits per heavy atom. The number of pyridine rings is 2. The lowest BCUT2D eigenvalue weighted by Crippen LogP contribution is -2.48. The number of halogens is 1. The summed E-state index contributed by atoms with van der Waals surface area (Å²) in [6, 6.07) is 5.47. The zero-order valence-electron chi connectivity index (χ0n) is 20.3. The van der Waals surface area contributed by atoms with Crippen molar-refractivity contribution in [2.45, 2.75) is 51.9 Å². The van der Waals surface area contributed by atoms with E-state index in [0.717, 1.165) is 35.8 Å². The van der Waals surface area contributed by atoms with Gasteiger partial charge in [-0.05, 0) is 43.0 Å². The summed E-state index contributed by atoms with van der Waals surface area (Å²) in [6.07, 6.45) is 2.74. The standard InChI is InChI=1S/C27H23ClN2O7/c1-4-5-6-14-15-7-21-22(36-12-35-21)9-19(15)29-23-16(14)10-30-20(23)8-18-17(24(30)31)11-34-25(32)27(18,13(2)3)37-26(28)33/h7-9H,2,4-6,10-12H2,1,3H3/t27-/m0/s1. The van der Waals surface area contributed by atoms with Crippen molar-refractivity contribution in [3.05, 3.63) is 63.0 Å². The molecular weight excluding hydrogens is 500 g/mol. The summed E-state index contributed by atoms with van der Waals surface area (Å²) in [6.45, 7) is 7.71. The van der Waals surface area contributed by atoms with Gasteiger partial charge >= 0.3 is 11.4 Å². The molecule has 1 atom stereocenters. The van der Waals surface area contributed by atoms with E-state index in [2.05, 4.69) is 13.5 Å². The Bertz CT molecular complexity index is 1610. The summed E-state index contributed by atoms with van der Waals surface area (Å²) in [5, 5.41) is 0.952. The van der Waals surface area contributed by atoms with E-state index in [4.69, 9.17) is 35.5 Å². The maximum Gasteiger partial charge on any atom is 0.405 e. The molecule has 0 unspecified atom stereocenters. The average molecular weight is 523 g/mol. The normalized spacial score (nSPS) is 18.7. The van der Waals surface area contributed by atoms with Gasteiger partial charge in [-0.25, -0.2) is 14.6 Å². The summed E-state index contributed by atoms with van der Waals surface area (Å²) in [7, 11) is 0. The molecule has 0 aliphatic carbocycles. The molecule has 9 nitrogen and oxygen atoms in total. The number of ether oxygens (including phenoxy) is 4. The molecule has 0 bridgehead atoms. The van der Waals surface area contributed by atoms with Crippen LogP contribution in [0.4, 0.5) is 4.79 Å². The lowest BCUT2D eigenvalue weighted by molar-refractivity contribution is -0.166. The number of hydrogen-bond donors (Lipinski definition) is 0. The molecule has 3 aromatic rings. The number of carbonyl (C=O) groups is 2. The van der Waals surface area contributed by atoms with Crippen LogP contribution >= 0.6 is 11.6 Å². The first-order valence-electron chi connectivity index (χ1n) is 12.0.